The number of rotatable bonds is 5. The Morgan fingerprint density at radius 2 is 1.79 bits per heavy atom. The molecule has 0 atom stereocenters. The van der Waals surface area contributed by atoms with E-state index in [9.17, 15) is 12.8 Å². The molecule has 0 radical (unpaired) electrons. The zero-order chi connectivity index (χ0) is 20.4. The predicted octanol–water partition coefficient (Wildman–Crippen LogP) is 4.77. The first kappa shape index (κ1) is 18.5. The molecule has 4 aromatic rings. The summed E-state index contributed by atoms with van der Waals surface area (Å²) in [6, 6.07) is 19.5. The molecule has 1 heterocycles. The summed E-state index contributed by atoms with van der Waals surface area (Å²) in [6.07, 6.45) is 1.33. The third-order valence-electron chi connectivity index (χ3n) is 4.23. The predicted molar refractivity (Wildman–Crippen MR) is 107 cm³/mol. The van der Waals surface area contributed by atoms with Crippen LogP contribution in [0.25, 0.3) is 10.9 Å². The van der Waals surface area contributed by atoms with Gasteiger partial charge in [0.1, 0.15) is 22.2 Å². The fourth-order valence-electron chi connectivity index (χ4n) is 2.86. The fourth-order valence-corrected chi connectivity index (χ4v) is 4.10. The van der Waals surface area contributed by atoms with Crippen molar-refractivity contribution in [1.82, 2.24) is 4.98 Å². The number of nitrogens with zero attached hydrogens (tertiary/aromatic N) is 1. The number of fused-ring (bicyclic) bond motifs is 1. The first-order chi connectivity index (χ1) is 14.0. The molecule has 29 heavy (non-hydrogen) atoms. The van der Waals surface area contributed by atoms with Gasteiger partial charge in [0.15, 0.2) is 0 Å². The van der Waals surface area contributed by atoms with Crippen molar-refractivity contribution >= 4 is 26.6 Å². The van der Waals surface area contributed by atoms with Gasteiger partial charge in [-0.2, -0.15) is 5.26 Å². The largest absolute Gasteiger partial charge is 0.457 e. The van der Waals surface area contributed by atoms with Crippen LogP contribution in [-0.2, 0) is 10.0 Å². The van der Waals surface area contributed by atoms with Crippen molar-refractivity contribution in [2.45, 2.75) is 4.90 Å². The molecule has 0 aliphatic rings. The van der Waals surface area contributed by atoms with Crippen LogP contribution in [0, 0.1) is 17.1 Å². The van der Waals surface area contributed by atoms with E-state index in [0.29, 0.717) is 22.4 Å². The number of aromatic amines is 1. The lowest BCUT2D eigenvalue weighted by molar-refractivity contribution is 0.483. The lowest BCUT2D eigenvalue weighted by atomic mass is 10.2. The highest BCUT2D eigenvalue weighted by Gasteiger charge is 2.21. The summed E-state index contributed by atoms with van der Waals surface area (Å²) in [7, 11) is -4.06. The van der Waals surface area contributed by atoms with Crippen LogP contribution in [-0.4, -0.2) is 13.4 Å². The van der Waals surface area contributed by atoms with Crippen molar-refractivity contribution in [3.8, 4) is 17.6 Å². The molecule has 3 aromatic carbocycles. The van der Waals surface area contributed by atoms with E-state index in [1.54, 1.807) is 24.3 Å². The van der Waals surface area contributed by atoms with Crippen molar-refractivity contribution in [2.75, 3.05) is 4.72 Å². The molecule has 0 aliphatic heterocycles. The topological polar surface area (TPSA) is 95.0 Å². The molecule has 144 valence electrons. The summed E-state index contributed by atoms with van der Waals surface area (Å²) in [5, 5.41) is 9.24. The molecule has 0 bridgehead atoms. The number of sulfonamides is 1. The smallest absolute Gasteiger partial charge is 0.264 e. The van der Waals surface area contributed by atoms with E-state index in [2.05, 4.69) is 9.71 Å². The third-order valence-corrected chi connectivity index (χ3v) is 5.63. The Balaban J connectivity index is 1.64. The summed E-state index contributed by atoms with van der Waals surface area (Å²) in [6.45, 7) is 0. The third kappa shape index (κ3) is 3.77. The molecule has 0 amide bonds. The Morgan fingerprint density at radius 3 is 2.52 bits per heavy atom. The molecule has 4 rings (SSSR count). The molecule has 6 nitrogen and oxygen atoms in total. The van der Waals surface area contributed by atoms with Gasteiger partial charge in [-0.25, -0.2) is 12.8 Å². The highest BCUT2D eigenvalue weighted by atomic mass is 32.2. The van der Waals surface area contributed by atoms with E-state index in [-0.39, 0.29) is 16.1 Å². The molecule has 0 fully saturated rings. The molecule has 2 N–H and O–H groups in total. The number of hydrogen-bond donors (Lipinski definition) is 2. The number of hydrogen-bond acceptors (Lipinski definition) is 4. The average Bonchev–Trinajstić information content (AvgIpc) is 3.14. The molecule has 8 heteroatoms. The number of benzene rings is 3. The lowest BCUT2D eigenvalue weighted by Gasteiger charge is -2.09. The number of aromatic nitrogens is 1. The van der Waals surface area contributed by atoms with E-state index in [1.165, 1.54) is 18.3 Å². The van der Waals surface area contributed by atoms with E-state index in [1.807, 2.05) is 30.3 Å². The van der Waals surface area contributed by atoms with Gasteiger partial charge in [0.25, 0.3) is 10.0 Å². The van der Waals surface area contributed by atoms with Crippen molar-refractivity contribution in [2.24, 2.45) is 0 Å². The second-order valence-corrected chi connectivity index (χ2v) is 7.84. The molecular formula is C21H14FN3O3S. The Hall–Kier alpha value is -3.83. The average molecular weight is 407 g/mol. The first-order valence-corrected chi connectivity index (χ1v) is 10.0. The van der Waals surface area contributed by atoms with Crippen molar-refractivity contribution in [3.63, 3.8) is 0 Å². The summed E-state index contributed by atoms with van der Waals surface area (Å²) in [4.78, 5) is 2.88. The van der Waals surface area contributed by atoms with Crippen LogP contribution in [0.2, 0.25) is 0 Å². The maximum Gasteiger partial charge on any atom is 0.264 e. The Bertz CT molecular complexity index is 1340. The van der Waals surface area contributed by atoms with Crippen LogP contribution in [0.3, 0.4) is 0 Å². The number of anilines is 1. The second-order valence-electron chi connectivity index (χ2n) is 6.19. The molecule has 1 aromatic heterocycles. The molecule has 0 saturated carbocycles. The molecule has 0 aliphatic carbocycles. The molecule has 0 saturated heterocycles. The number of ether oxygens (including phenoxy) is 1. The van der Waals surface area contributed by atoms with Gasteiger partial charge in [-0.3, -0.25) is 4.72 Å². The lowest BCUT2D eigenvalue weighted by Crippen LogP contribution is -2.13. The summed E-state index contributed by atoms with van der Waals surface area (Å²) < 4.78 is 47.6. The van der Waals surface area contributed by atoms with Gasteiger partial charge in [-0.1, -0.05) is 18.2 Å². The minimum atomic E-state index is -4.06. The number of para-hydroxylation sites is 1. The Morgan fingerprint density at radius 1 is 1.00 bits per heavy atom. The zero-order valence-corrected chi connectivity index (χ0v) is 15.7. The number of H-pyrrole nitrogens is 1. The van der Waals surface area contributed by atoms with Gasteiger partial charge in [-0.05, 0) is 42.5 Å². The fraction of sp³-hybridized carbons (Fsp3) is 0. The Labute approximate surface area is 166 Å². The van der Waals surface area contributed by atoms with Crippen LogP contribution in [0.1, 0.15) is 5.56 Å². The Kier molecular flexibility index (Phi) is 4.66. The standard InChI is InChI=1S/C21H14FN3O3S/c22-18-10-14(12-23)6-9-19(18)25-29(26,27)21-13-24-20-11-16(7-8-17(20)21)28-15-4-2-1-3-5-15/h1-11,13,24-25H. The summed E-state index contributed by atoms with van der Waals surface area (Å²) >= 11 is 0. The van der Waals surface area contributed by atoms with Crippen molar-refractivity contribution in [3.05, 3.63) is 84.3 Å². The van der Waals surface area contributed by atoms with E-state index in [0.717, 1.165) is 6.07 Å². The van der Waals surface area contributed by atoms with Crippen molar-refractivity contribution < 1.29 is 17.5 Å². The van der Waals surface area contributed by atoms with Crippen molar-refractivity contribution in [1.29, 1.82) is 5.26 Å². The van der Waals surface area contributed by atoms with Crippen LogP contribution >= 0.6 is 0 Å². The SMILES string of the molecule is N#Cc1ccc(NS(=O)(=O)c2c[nH]c3cc(Oc4ccccc4)ccc23)c(F)c1. The quantitative estimate of drug-likeness (QED) is 0.498. The maximum absolute atomic E-state index is 14.1. The highest BCUT2D eigenvalue weighted by molar-refractivity contribution is 7.93. The maximum atomic E-state index is 14.1. The minimum Gasteiger partial charge on any atom is -0.457 e. The number of halogens is 1. The van der Waals surface area contributed by atoms with E-state index < -0.39 is 15.8 Å². The van der Waals surface area contributed by atoms with Gasteiger partial charge in [-0.15, -0.1) is 0 Å². The summed E-state index contributed by atoms with van der Waals surface area (Å²) in [5.74, 6) is 0.371. The normalized spacial score (nSPS) is 11.2. The van der Waals surface area contributed by atoms with Gasteiger partial charge in [0.05, 0.1) is 22.8 Å². The number of nitriles is 1. The zero-order valence-electron chi connectivity index (χ0n) is 14.9. The molecule has 0 spiro atoms. The van der Waals surface area contributed by atoms with E-state index >= 15 is 0 Å². The summed E-state index contributed by atoms with van der Waals surface area (Å²) in [5.41, 5.74) is 0.421. The van der Waals surface area contributed by atoms with Crippen LogP contribution in [0.5, 0.6) is 11.5 Å². The monoisotopic (exact) mass is 407 g/mol. The van der Waals surface area contributed by atoms with Gasteiger partial charge >= 0.3 is 0 Å². The highest BCUT2D eigenvalue weighted by Crippen LogP contribution is 2.30. The second kappa shape index (κ2) is 7.30. The number of nitrogens with one attached hydrogen (secondary N) is 2. The van der Waals surface area contributed by atoms with Crippen LogP contribution < -0.4 is 9.46 Å². The molecule has 0 unspecified atom stereocenters. The van der Waals surface area contributed by atoms with Gasteiger partial charge < -0.3 is 9.72 Å². The van der Waals surface area contributed by atoms with Crippen LogP contribution in [0.4, 0.5) is 10.1 Å². The van der Waals surface area contributed by atoms with Crippen LogP contribution in [0.15, 0.2) is 77.8 Å². The van der Waals surface area contributed by atoms with Gasteiger partial charge in [0.2, 0.25) is 0 Å². The molecular weight excluding hydrogens is 393 g/mol. The van der Waals surface area contributed by atoms with E-state index in [4.69, 9.17) is 10.00 Å². The minimum absolute atomic E-state index is 0.0254. The first-order valence-electron chi connectivity index (χ1n) is 8.53. The van der Waals surface area contributed by atoms with Gasteiger partial charge in [0, 0.05) is 17.6 Å².